The molecule has 2 rings (SSSR count). The van der Waals surface area contributed by atoms with Gasteiger partial charge >= 0.3 is 0 Å². The third-order valence-electron chi connectivity index (χ3n) is 3.03. The normalized spacial score (nSPS) is 10.8. The van der Waals surface area contributed by atoms with E-state index >= 15 is 0 Å². The molecule has 1 N–H and O–H groups in total. The lowest BCUT2D eigenvalue weighted by atomic mass is 10.2. The average Bonchev–Trinajstić information content (AvgIpc) is 2.83. The summed E-state index contributed by atoms with van der Waals surface area (Å²) in [4.78, 5) is 12.3. The van der Waals surface area contributed by atoms with Crippen molar-refractivity contribution in [3.8, 4) is 5.75 Å². The summed E-state index contributed by atoms with van der Waals surface area (Å²) in [5.41, 5.74) is 0.547. The fourth-order valence-electron chi connectivity index (χ4n) is 1.97. The Labute approximate surface area is 131 Å². The predicted octanol–water partition coefficient (Wildman–Crippen LogP) is 4.23. The van der Waals surface area contributed by atoms with E-state index in [0.29, 0.717) is 11.4 Å². The first-order valence-corrected chi connectivity index (χ1v) is 7.24. The summed E-state index contributed by atoms with van der Waals surface area (Å²) in [6.07, 6.45) is 1.82. The zero-order valence-electron chi connectivity index (χ0n) is 12.0. The molecule has 0 bridgehead atoms. The Hall–Kier alpha value is -1.82. The van der Waals surface area contributed by atoms with Gasteiger partial charge in [0, 0.05) is 22.8 Å². The Bertz CT molecular complexity index is 668. The van der Waals surface area contributed by atoms with Crippen molar-refractivity contribution in [2.75, 3.05) is 12.4 Å². The molecule has 1 heterocycles. The van der Waals surface area contributed by atoms with Crippen LogP contribution in [0.25, 0.3) is 0 Å². The molecule has 21 heavy (non-hydrogen) atoms. The van der Waals surface area contributed by atoms with Gasteiger partial charge in [-0.3, -0.25) is 4.79 Å². The molecule has 0 radical (unpaired) electrons. The van der Waals surface area contributed by atoms with Crippen molar-refractivity contribution in [1.82, 2.24) is 4.57 Å². The molecule has 2 aromatic rings. The van der Waals surface area contributed by atoms with Crippen molar-refractivity contribution >= 4 is 27.5 Å². The van der Waals surface area contributed by atoms with E-state index < -0.39 is 5.82 Å². The number of carbonyl (C=O) groups excluding carboxylic acids is 1. The maximum absolute atomic E-state index is 13.8. The van der Waals surface area contributed by atoms with Crippen LogP contribution in [-0.4, -0.2) is 17.6 Å². The SMILES string of the molecule is COc1ccc(F)c(NC(=O)c2cc(Br)cn2C(C)C)c1. The first-order valence-electron chi connectivity index (χ1n) is 6.44. The minimum Gasteiger partial charge on any atom is -0.497 e. The average molecular weight is 355 g/mol. The van der Waals surface area contributed by atoms with E-state index in [9.17, 15) is 9.18 Å². The predicted molar refractivity (Wildman–Crippen MR) is 83.4 cm³/mol. The number of anilines is 1. The number of carbonyl (C=O) groups is 1. The van der Waals surface area contributed by atoms with Crippen molar-refractivity contribution in [3.63, 3.8) is 0 Å². The molecule has 0 aliphatic heterocycles. The van der Waals surface area contributed by atoms with E-state index in [1.54, 1.807) is 6.07 Å². The lowest BCUT2D eigenvalue weighted by Gasteiger charge is -2.13. The number of rotatable bonds is 4. The van der Waals surface area contributed by atoms with Gasteiger partial charge in [-0.15, -0.1) is 0 Å². The second kappa shape index (κ2) is 6.30. The second-order valence-corrected chi connectivity index (χ2v) is 5.76. The van der Waals surface area contributed by atoms with E-state index in [2.05, 4.69) is 21.2 Å². The Morgan fingerprint density at radius 2 is 2.10 bits per heavy atom. The number of amides is 1. The molecule has 1 aromatic carbocycles. The van der Waals surface area contributed by atoms with Crippen molar-refractivity contribution in [2.45, 2.75) is 19.9 Å². The Morgan fingerprint density at radius 1 is 1.38 bits per heavy atom. The zero-order valence-corrected chi connectivity index (χ0v) is 13.6. The van der Waals surface area contributed by atoms with Crippen molar-refractivity contribution in [2.24, 2.45) is 0 Å². The highest BCUT2D eigenvalue weighted by Gasteiger charge is 2.16. The van der Waals surface area contributed by atoms with Gasteiger partial charge in [-0.2, -0.15) is 0 Å². The molecule has 0 atom stereocenters. The third-order valence-corrected chi connectivity index (χ3v) is 3.46. The number of hydrogen-bond donors (Lipinski definition) is 1. The van der Waals surface area contributed by atoms with Crippen LogP contribution >= 0.6 is 15.9 Å². The fraction of sp³-hybridized carbons (Fsp3) is 0.267. The summed E-state index contributed by atoms with van der Waals surface area (Å²) in [5, 5.41) is 2.57. The van der Waals surface area contributed by atoms with Gasteiger partial charge in [-0.25, -0.2) is 4.39 Å². The highest BCUT2D eigenvalue weighted by atomic mass is 79.9. The van der Waals surface area contributed by atoms with Gasteiger partial charge in [-0.05, 0) is 48.0 Å². The monoisotopic (exact) mass is 354 g/mol. The molecule has 0 spiro atoms. The third kappa shape index (κ3) is 3.44. The summed E-state index contributed by atoms with van der Waals surface area (Å²) >= 11 is 3.35. The fourth-order valence-corrected chi connectivity index (χ4v) is 2.41. The van der Waals surface area contributed by atoms with E-state index in [1.807, 2.05) is 24.6 Å². The van der Waals surface area contributed by atoms with Gasteiger partial charge in [0.15, 0.2) is 0 Å². The smallest absolute Gasteiger partial charge is 0.272 e. The molecule has 0 fully saturated rings. The minimum absolute atomic E-state index is 0.0898. The molecule has 4 nitrogen and oxygen atoms in total. The highest BCUT2D eigenvalue weighted by Crippen LogP contribution is 2.24. The van der Waals surface area contributed by atoms with Crippen LogP contribution in [0.4, 0.5) is 10.1 Å². The molecule has 1 amide bonds. The van der Waals surface area contributed by atoms with Crippen LogP contribution < -0.4 is 10.1 Å². The number of ether oxygens (including phenoxy) is 1. The largest absolute Gasteiger partial charge is 0.497 e. The van der Waals surface area contributed by atoms with Crippen LogP contribution in [0.1, 0.15) is 30.4 Å². The summed E-state index contributed by atoms with van der Waals surface area (Å²) in [5.74, 6) is -0.403. The van der Waals surface area contributed by atoms with Gasteiger partial charge in [0.05, 0.1) is 12.8 Å². The standard InChI is InChI=1S/C15H16BrFN2O2/c1-9(2)19-8-10(16)6-14(19)15(20)18-13-7-11(21-3)4-5-12(13)17/h4-9H,1-3H3,(H,18,20). The molecule has 0 saturated heterocycles. The lowest BCUT2D eigenvalue weighted by molar-refractivity contribution is 0.101. The molecular formula is C15H16BrFN2O2. The minimum atomic E-state index is -0.508. The molecular weight excluding hydrogens is 339 g/mol. The van der Waals surface area contributed by atoms with Gasteiger partial charge in [0.2, 0.25) is 0 Å². The van der Waals surface area contributed by atoms with Crippen molar-refractivity contribution in [1.29, 1.82) is 0 Å². The topological polar surface area (TPSA) is 43.3 Å². The van der Waals surface area contributed by atoms with Crippen LogP contribution in [0.2, 0.25) is 0 Å². The number of methoxy groups -OCH3 is 1. The van der Waals surface area contributed by atoms with E-state index in [0.717, 1.165) is 4.47 Å². The van der Waals surface area contributed by atoms with Gasteiger partial charge in [0.1, 0.15) is 17.3 Å². The number of nitrogens with zero attached hydrogens (tertiary/aromatic N) is 1. The number of benzene rings is 1. The van der Waals surface area contributed by atoms with Gasteiger partial charge in [0.25, 0.3) is 5.91 Å². The van der Waals surface area contributed by atoms with Crippen LogP contribution in [0.3, 0.4) is 0 Å². The molecule has 6 heteroatoms. The molecule has 1 aromatic heterocycles. The first-order chi connectivity index (χ1) is 9.92. The Morgan fingerprint density at radius 3 is 2.71 bits per heavy atom. The lowest BCUT2D eigenvalue weighted by Crippen LogP contribution is -2.18. The number of aromatic nitrogens is 1. The number of nitrogens with one attached hydrogen (secondary N) is 1. The summed E-state index contributed by atoms with van der Waals surface area (Å²) in [7, 11) is 1.49. The Kier molecular flexibility index (Phi) is 4.67. The summed E-state index contributed by atoms with van der Waals surface area (Å²) in [6.45, 7) is 3.94. The van der Waals surface area contributed by atoms with Crippen LogP contribution in [-0.2, 0) is 0 Å². The maximum atomic E-state index is 13.8. The van der Waals surface area contributed by atoms with Gasteiger partial charge < -0.3 is 14.6 Å². The number of hydrogen-bond acceptors (Lipinski definition) is 2. The molecule has 0 saturated carbocycles. The second-order valence-electron chi connectivity index (χ2n) is 4.84. The Balaban J connectivity index is 2.30. The van der Waals surface area contributed by atoms with E-state index in [-0.39, 0.29) is 17.6 Å². The van der Waals surface area contributed by atoms with Crippen molar-refractivity contribution < 1.29 is 13.9 Å². The van der Waals surface area contributed by atoms with Crippen molar-refractivity contribution in [3.05, 3.63) is 46.4 Å². The highest BCUT2D eigenvalue weighted by molar-refractivity contribution is 9.10. The van der Waals surface area contributed by atoms with Gasteiger partial charge in [-0.1, -0.05) is 0 Å². The summed E-state index contributed by atoms with van der Waals surface area (Å²) < 4.78 is 21.4. The molecule has 0 aliphatic rings. The maximum Gasteiger partial charge on any atom is 0.272 e. The molecule has 0 unspecified atom stereocenters. The quantitative estimate of drug-likeness (QED) is 0.892. The van der Waals surface area contributed by atoms with Crippen LogP contribution in [0.15, 0.2) is 34.9 Å². The molecule has 0 aliphatic carbocycles. The first kappa shape index (κ1) is 15.6. The van der Waals surface area contributed by atoms with E-state index in [1.165, 1.54) is 25.3 Å². The molecule has 112 valence electrons. The zero-order chi connectivity index (χ0) is 15.6. The van der Waals surface area contributed by atoms with E-state index in [4.69, 9.17) is 4.74 Å². The summed E-state index contributed by atoms with van der Waals surface area (Å²) in [6, 6.07) is 6.02. The number of halogens is 2. The van der Waals surface area contributed by atoms with Crippen LogP contribution in [0, 0.1) is 5.82 Å². The van der Waals surface area contributed by atoms with Crippen LogP contribution in [0.5, 0.6) is 5.75 Å².